The van der Waals surface area contributed by atoms with Gasteiger partial charge in [-0.2, -0.15) is 0 Å². The summed E-state index contributed by atoms with van der Waals surface area (Å²) < 4.78 is 5.60. The third kappa shape index (κ3) is 2.81. The normalized spacial score (nSPS) is 46.5. The van der Waals surface area contributed by atoms with Crippen LogP contribution in [0.5, 0.6) is 0 Å². The van der Waals surface area contributed by atoms with Crippen LogP contribution in [0.3, 0.4) is 0 Å². The Labute approximate surface area is 113 Å². The fourth-order valence-corrected chi connectivity index (χ4v) is 2.57. The molecular weight excluding hydrogens is 244 g/mol. The standard InChI is InChI=1S/C15H22O4/c1-9-7-10(16)8-15(4)13(19-15)12(18)14(2,3)6-5-11(9)17/h5-7,10,12-13,16,18H,8H2,1-4H3/b6-5-,9-7+/t10-,12-,13-,15-/m1/s1. The van der Waals surface area contributed by atoms with Crippen molar-refractivity contribution in [2.24, 2.45) is 5.41 Å². The molecule has 4 atom stereocenters. The van der Waals surface area contributed by atoms with Gasteiger partial charge in [0.1, 0.15) is 6.10 Å². The Morgan fingerprint density at radius 3 is 2.58 bits per heavy atom. The Balaban J connectivity index is 2.34. The number of rotatable bonds is 0. The van der Waals surface area contributed by atoms with Crippen LogP contribution in [0.2, 0.25) is 0 Å². The van der Waals surface area contributed by atoms with E-state index < -0.39 is 23.2 Å². The first-order chi connectivity index (χ1) is 8.66. The summed E-state index contributed by atoms with van der Waals surface area (Å²) in [6, 6.07) is 0. The smallest absolute Gasteiger partial charge is 0.181 e. The van der Waals surface area contributed by atoms with Crippen LogP contribution < -0.4 is 0 Å². The zero-order chi connectivity index (χ0) is 14.4. The van der Waals surface area contributed by atoms with Gasteiger partial charge in [-0.15, -0.1) is 0 Å². The summed E-state index contributed by atoms with van der Waals surface area (Å²) in [6.07, 6.45) is 3.39. The Kier molecular flexibility index (Phi) is 3.45. The number of ether oxygens (including phenoxy) is 1. The van der Waals surface area contributed by atoms with Gasteiger partial charge in [-0.25, -0.2) is 0 Å². The van der Waals surface area contributed by atoms with Crippen molar-refractivity contribution in [2.75, 3.05) is 0 Å². The topological polar surface area (TPSA) is 70.1 Å². The molecule has 1 fully saturated rings. The molecule has 0 unspecified atom stereocenters. The van der Waals surface area contributed by atoms with E-state index in [0.29, 0.717) is 12.0 Å². The molecule has 2 N–H and O–H groups in total. The summed E-state index contributed by atoms with van der Waals surface area (Å²) in [6.45, 7) is 7.31. The quantitative estimate of drug-likeness (QED) is 0.650. The molecule has 19 heavy (non-hydrogen) atoms. The molecule has 106 valence electrons. The number of ketones is 1. The molecule has 0 radical (unpaired) electrons. The highest BCUT2D eigenvalue weighted by molar-refractivity contribution is 6.03. The van der Waals surface area contributed by atoms with Crippen molar-refractivity contribution in [1.82, 2.24) is 0 Å². The molecule has 0 aromatic heterocycles. The van der Waals surface area contributed by atoms with Gasteiger partial charge in [0.2, 0.25) is 0 Å². The minimum absolute atomic E-state index is 0.138. The van der Waals surface area contributed by atoms with Crippen molar-refractivity contribution in [3.8, 4) is 0 Å². The number of carbonyl (C=O) groups is 1. The molecule has 0 amide bonds. The fraction of sp³-hybridized carbons (Fsp3) is 0.667. The fourth-order valence-electron chi connectivity index (χ4n) is 2.57. The molecule has 4 heteroatoms. The number of allylic oxidation sites excluding steroid dienone is 2. The molecule has 1 heterocycles. The number of fused-ring (bicyclic) bond motifs is 1. The van der Waals surface area contributed by atoms with Crippen molar-refractivity contribution >= 4 is 5.78 Å². The van der Waals surface area contributed by atoms with Gasteiger partial charge in [0.15, 0.2) is 5.78 Å². The lowest BCUT2D eigenvalue weighted by Gasteiger charge is -2.26. The highest BCUT2D eigenvalue weighted by Gasteiger charge is 2.59. The second-order valence-electron chi connectivity index (χ2n) is 6.44. The van der Waals surface area contributed by atoms with E-state index in [4.69, 9.17) is 4.74 Å². The van der Waals surface area contributed by atoms with E-state index in [9.17, 15) is 15.0 Å². The molecule has 1 aliphatic heterocycles. The maximum absolute atomic E-state index is 11.9. The molecule has 2 rings (SSSR count). The average molecular weight is 266 g/mol. The summed E-state index contributed by atoms with van der Waals surface area (Å²) in [5.41, 5.74) is -0.557. The number of aliphatic hydroxyl groups excluding tert-OH is 2. The maximum Gasteiger partial charge on any atom is 0.181 e. The van der Waals surface area contributed by atoms with E-state index in [1.54, 1.807) is 19.1 Å². The molecule has 4 nitrogen and oxygen atoms in total. The van der Waals surface area contributed by atoms with Crippen LogP contribution in [-0.4, -0.2) is 39.9 Å². The molecule has 0 saturated carbocycles. The monoisotopic (exact) mass is 266 g/mol. The summed E-state index contributed by atoms with van der Waals surface area (Å²) in [5, 5.41) is 20.4. The molecule has 0 aromatic rings. The van der Waals surface area contributed by atoms with E-state index in [-0.39, 0.29) is 11.9 Å². The first-order valence-electron chi connectivity index (χ1n) is 6.62. The van der Waals surface area contributed by atoms with E-state index in [0.717, 1.165) is 0 Å². The summed E-state index contributed by atoms with van der Waals surface area (Å²) in [4.78, 5) is 11.9. The summed E-state index contributed by atoms with van der Waals surface area (Å²) >= 11 is 0. The van der Waals surface area contributed by atoms with Crippen LogP contribution >= 0.6 is 0 Å². The molecule has 2 aliphatic rings. The maximum atomic E-state index is 11.9. The number of hydrogen-bond acceptors (Lipinski definition) is 4. The Morgan fingerprint density at radius 1 is 1.32 bits per heavy atom. The first-order valence-corrected chi connectivity index (χ1v) is 6.62. The van der Waals surface area contributed by atoms with Crippen molar-refractivity contribution in [1.29, 1.82) is 0 Å². The van der Waals surface area contributed by atoms with Gasteiger partial charge >= 0.3 is 0 Å². The minimum Gasteiger partial charge on any atom is -0.389 e. The molecule has 1 aliphatic carbocycles. The number of epoxide rings is 1. The number of aliphatic hydroxyl groups is 2. The van der Waals surface area contributed by atoms with Crippen LogP contribution in [-0.2, 0) is 9.53 Å². The largest absolute Gasteiger partial charge is 0.389 e. The van der Waals surface area contributed by atoms with Gasteiger partial charge in [0, 0.05) is 11.8 Å². The van der Waals surface area contributed by atoms with Crippen molar-refractivity contribution < 1.29 is 19.7 Å². The van der Waals surface area contributed by atoms with E-state index in [2.05, 4.69) is 0 Å². The van der Waals surface area contributed by atoms with Gasteiger partial charge in [0.25, 0.3) is 0 Å². The van der Waals surface area contributed by atoms with Crippen LogP contribution in [0.15, 0.2) is 23.8 Å². The van der Waals surface area contributed by atoms with E-state index >= 15 is 0 Å². The SMILES string of the molecule is C/C1=C\[C@@H](O)C[C@@]2(C)O[C@@H]2[C@@H](O)C(C)(C)/C=C\C1=O. The van der Waals surface area contributed by atoms with Crippen LogP contribution in [0.25, 0.3) is 0 Å². The third-order valence-electron chi connectivity index (χ3n) is 4.10. The summed E-state index contributed by atoms with van der Waals surface area (Å²) in [5.74, 6) is -0.138. The van der Waals surface area contributed by atoms with E-state index in [1.165, 1.54) is 6.08 Å². The molecule has 0 bridgehead atoms. The average Bonchev–Trinajstić information content (AvgIpc) is 2.95. The van der Waals surface area contributed by atoms with E-state index in [1.807, 2.05) is 20.8 Å². The highest BCUT2D eigenvalue weighted by atomic mass is 16.6. The first kappa shape index (κ1) is 14.4. The second kappa shape index (κ2) is 4.54. The van der Waals surface area contributed by atoms with Gasteiger partial charge < -0.3 is 14.9 Å². The van der Waals surface area contributed by atoms with Gasteiger partial charge in [-0.1, -0.05) is 19.9 Å². The summed E-state index contributed by atoms with van der Waals surface area (Å²) in [7, 11) is 0. The van der Waals surface area contributed by atoms with Crippen molar-refractivity contribution in [2.45, 2.75) is 58.0 Å². The molecule has 0 spiro atoms. The van der Waals surface area contributed by atoms with Crippen LogP contribution in [0, 0.1) is 5.41 Å². The number of carbonyl (C=O) groups excluding carboxylic acids is 1. The van der Waals surface area contributed by atoms with Gasteiger partial charge in [-0.3, -0.25) is 4.79 Å². The second-order valence-corrected chi connectivity index (χ2v) is 6.44. The Hall–Kier alpha value is -0.970. The predicted molar refractivity (Wildman–Crippen MR) is 71.6 cm³/mol. The Morgan fingerprint density at radius 2 is 1.95 bits per heavy atom. The van der Waals surface area contributed by atoms with Crippen molar-refractivity contribution in [3.05, 3.63) is 23.8 Å². The van der Waals surface area contributed by atoms with Crippen LogP contribution in [0.4, 0.5) is 0 Å². The molecular formula is C15H22O4. The predicted octanol–water partition coefficient (Wildman–Crippen LogP) is 1.37. The van der Waals surface area contributed by atoms with Gasteiger partial charge in [-0.05, 0) is 31.6 Å². The van der Waals surface area contributed by atoms with Gasteiger partial charge in [0.05, 0.1) is 17.8 Å². The molecule has 1 saturated heterocycles. The lowest BCUT2D eigenvalue weighted by atomic mass is 9.81. The number of hydrogen-bond donors (Lipinski definition) is 2. The third-order valence-corrected chi connectivity index (χ3v) is 4.10. The zero-order valence-electron chi connectivity index (χ0n) is 11.9. The van der Waals surface area contributed by atoms with Crippen LogP contribution in [0.1, 0.15) is 34.1 Å². The van der Waals surface area contributed by atoms with Crippen molar-refractivity contribution in [3.63, 3.8) is 0 Å². The molecule has 0 aromatic carbocycles. The zero-order valence-corrected chi connectivity index (χ0v) is 11.9. The Bertz CT molecular complexity index is 449. The lowest BCUT2D eigenvalue weighted by Crippen LogP contribution is -2.36. The minimum atomic E-state index is -0.735. The lowest BCUT2D eigenvalue weighted by molar-refractivity contribution is -0.111. The highest BCUT2D eigenvalue weighted by Crippen LogP contribution is 2.47.